The summed E-state index contributed by atoms with van der Waals surface area (Å²) < 4.78 is 9.20. The molecule has 1 N–H and O–H groups in total. The number of hydrogen-bond donors (Lipinski definition) is 1. The highest BCUT2D eigenvalue weighted by Crippen LogP contribution is 2.20. The third kappa shape index (κ3) is 3.76. The van der Waals surface area contributed by atoms with E-state index in [4.69, 9.17) is 16.0 Å². The van der Waals surface area contributed by atoms with E-state index in [2.05, 4.69) is 15.5 Å². The Morgan fingerprint density at radius 3 is 2.80 bits per heavy atom. The molecule has 0 aromatic carbocycles. The van der Waals surface area contributed by atoms with E-state index in [1.165, 1.54) is 0 Å². The summed E-state index contributed by atoms with van der Waals surface area (Å²) in [6.07, 6.45) is 3.64. The van der Waals surface area contributed by atoms with Crippen molar-refractivity contribution in [2.24, 2.45) is 0 Å². The minimum absolute atomic E-state index is 0.262. The van der Waals surface area contributed by atoms with Crippen molar-refractivity contribution >= 4 is 17.5 Å². The fourth-order valence-electron chi connectivity index (χ4n) is 2.50. The maximum Gasteiger partial charge on any atom is 0.287 e. The summed E-state index contributed by atoms with van der Waals surface area (Å²) in [6, 6.07) is 3.43. The van der Waals surface area contributed by atoms with Gasteiger partial charge in [0.05, 0.1) is 29.2 Å². The first-order valence-electron chi connectivity index (χ1n) is 8.05. The molecule has 0 aliphatic heterocycles. The molecule has 0 saturated heterocycles. The smallest absolute Gasteiger partial charge is 0.287 e. The van der Waals surface area contributed by atoms with Crippen LogP contribution in [0.2, 0.25) is 5.02 Å². The zero-order chi connectivity index (χ0) is 18.0. The fourth-order valence-corrected chi connectivity index (χ4v) is 2.64. The molecule has 1 amide bonds. The number of nitrogens with zero attached hydrogens (tertiary/aromatic N) is 4. The van der Waals surface area contributed by atoms with Crippen molar-refractivity contribution < 1.29 is 9.21 Å². The number of carbonyl (C=O) groups is 1. The van der Waals surface area contributed by atoms with E-state index in [0.29, 0.717) is 23.9 Å². The lowest BCUT2D eigenvalue weighted by Gasteiger charge is -2.02. The van der Waals surface area contributed by atoms with Gasteiger partial charge in [0, 0.05) is 24.8 Å². The maximum absolute atomic E-state index is 12.2. The Morgan fingerprint density at radius 2 is 2.16 bits per heavy atom. The number of aryl methyl sites for hydroxylation is 2. The Labute approximate surface area is 150 Å². The lowest BCUT2D eigenvalue weighted by Crippen LogP contribution is -2.22. The maximum atomic E-state index is 12.2. The van der Waals surface area contributed by atoms with Gasteiger partial charge in [0.25, 0.3) is 5.91 Å². The Kier molecular flexibility index (Phi) is 4.94. The Balaban J connectivity index is 1.62. The molecule has 0 unspecified atom stereocenters. The molecule has 0 radical (unpaired) electrons. The summed E-state index contributed by atoms with van der Waals surface area (Å²) >= 11 is 6.15. The molecule has 3 rings (SSSR count). The number of carbonyl (C=O) groups excluding carboxylic acids is 1. The van der Waals surface area contributed by atoms with Gasteiger partial charge in [0.1, 0.15) is 5.76 Å². The van der Waals surface area contributed by atoms with Crippen molar-refractivity contribution in [1.82, 2.24) is 24.9 Å². The van der Waals surface area contributed by atoms with E-state index in [9.17, 15) is 4.79 Å². The van der Waals surface area contributed by atoms with Gasteiger partial charge >= 0.3 is 0 Å². The summed E-state index contributed by atoms with van der Waals surface area (Å²) in [5, 5.41) is 12.0. The molecule has 0 aliphatic rings. The fraction of sp³-hybridized carbons (Fsp3) is 0.353. The Bertz CT molecular complexity index is 893. The quantitative estimate of drug-likeness (QED) is 0.732. The monoisotopic (exact) mass is 361 g/mol. The van der Waals surface area contributed by atoms with Crippen LogP contribution in [0.5, 0.6) is 0 Å². The molecule has 25 heavy (non-hydrogen) atoms. The van der Waals surface area contributed by atoms with Crippen LogP contribution in [-0.2, 0) is 19.6 Å². The molecule has 3 aromatic heterocycles. The molecule has 8 heteroatoms. The van der Waals surface area contributed by atoms with Gasteiger partial charge in [-0.05, 0) is 32.9 Å². The van der Waals surface area contributed by atoms with Crippen LogP contribution in [-0.4, -0.2) is 25.5 Å². The minimum Gasteiger partial charge on any atom is -0.454 e. The van der Waals surface area contributed by atoms with E-state index in [1.807, 2.05) is 31.6 Å². The number of aromatic nitrogens is 4. The van der Waals surface area contributed by atoms with Crippen LogP contribution in [0.4, 0.5) is 0 Å². The molecule has 0 atom stereocenters. The van der Waals surface area contributed by atoms with Gasteiger partial charge in [-0.25, -0.2) is 0 Å². The molecule has 0 bridgehead atoms. The second-order valence-corrected chi connectivity index (χ2v) is 6.17. The Hall–Kier alpha value is -2.54. The number of amides is 1. The molecule has 7 nitrogen and oxygen atoms in total. The van der Waals surface area contributed by atoms with Crippen molar-refractivity contribution in [2.45, 2.75) is 40.4 Å². The SMILES string of the molecule is CCn1cc(CNC(=O)c2ccc(Cn3nc(C)c(Cl)c3C)o2)cn1. The van der Waals surface area contributed by atoms with Crippen molar-refractivity contribution in [2.75, 3.05) is 0 Å². The topological polar surface area (TPSA) is 77.9 Å². The normalized spacial score (nSPS) is 11.0. The molecular weight excluding hydrogens is 342 g/mol. The average Bonchev–Trinajstić information content (AvgIpc) is 3.31. The van der Waals surface area contributed by atoms with Crippen molar-refractivity contribution in [3.05, 3.63) is 58.0 Å². The molecule has 0 saturated carbocycles. The van der Waals surface area contributed by atoms with Crippen LogP contribution < -0.4 is 5.32 Å². The van der Waals surface area contributed by atoms with E-state index in [0.717, 1.165) is 23.5 Å². The van der Waals surface area contributed by atoms with Gasteiger partial charge < -0.3 is 9.73 Å². The van der Waals surface area contributed by atoms with Gasteiger partial charge in [0.15, 0.2) is 5.76 Å². The highest BCUT2D eigenvalue weighted by molar-refractivity contribution is 6.31. The summed E-state index contributed by atoms with van der Waals surface area (Å²) in [7, 11) is 0. The highest BCUT2D eigenvalue weighted by atomic mass is 35.5. The minimum atomic E-state index is -0.262. The van der Waals surface area contributed by atoms with Gasteiger partial charge in [-0.15, -0.1) is 0 Å². The molecule has 0 fully saturated rings. The first-order chi connectivity index (χ1) is 12.0. The average molecular weight is 362 g/mol. The molecule has 0 spiro atoms. The standard InChI is InChI=1S/C17H20ClN5O2/c1-4-22-9-13(8-20-22)7-19-17(24)15-6-5-14(25-15)10-23-12(3)16(18)11(2)21-23/h5-6,8-9H,4,7,10H2,1-3H3,(H,19,24). The molecule has 0 aliphatic carbocycles. The first-order valence-corrected chi connectivity index (χ1v) is 8.43. The van der Waals surface area contributed by atoms with E-state index < -0.39 is 0 Å². The molecular formula is C17H20ClN5O2. The molecule has 132 valence electrons. The summed E-state index contributed by atoms with van der Waals surface area (Å²) in [4.78, 5) is 12.2. The number of hydrogen-bond acceptors (Lipinski definition) is 4. The van der Waals surface area contributed by atoms with Gasteiger partial charge in [-0.3, -0.25) is 14.2 Å². The van der Waals surface area contributed by atoms with Crippen LogP contribution in [0.3, 0.4) is 0 Å². The van der Waals surface area contributed by atoms with Crippen molar-refractivity contribution in [1.29, 1.82) is 0 Å². The largest absolute Gasteiger partial charge is 0.454 e. The van der Waals surface area contributed by atoms with Crippen molar-refractivity contribution in [3.8, 4) is 0 Å². The second kappa shape index (κ2) is 7.14. The first kappa shape index (κ1) is 17.3. The second-order valence-electron chi connectivity index (χ2n) is 5.80. The third-order valence-electron chi connectivity index (χ3n) is 3.95. The van der Waals surface area contributed by atoms with Crippen LogP contribution in [0.1, 0.15) is 40.2 Å². The molecule has 3 heterocycles. The number of furan rings is 1. The number of halogens is 1. The van der Waals surface area contributed by atoms with Gasteiger partial charge in [-0.1, -0.05) is 11.6 Å². The van der Waals surface area contributed by atoms with Gasteiger partial charge in [-0.2, -0.15) is 10.2 Å². The summed E-state index contributed by atoms with van der Waals surface area (Å²) in [5.41, 5.74) is 2.59. The van der Waals surface area contributed by atoms with Crippen LogP contribution in [0, 0.1) is 13.8 Å². The third-order valence-corrected chi connectivity index (χ3v) is 4.50. The summed E-state index contributed by atoms with van der Waals surface area (Å²) in [6.45, 7) is 7.39. The lowest BCUT2D eigenvalue weighted by atomic mass is 10.3. The van der Waals surface area contributed by atoms with Crippen LogP contribution in [0.25, 0.3) is 0 Å². The van der Waals surface area contributed by atoms with Crippen LogP contribution in [0.15, 0.2) is 28.9 Å². The van der Waals surface area contributed by atoms with E-state index in [-0.39, 0.29) is 11.7 Å². The number of rotatable bonds is 6. The molecule has 3 aromatic rings. The predicted molar refractivity (Wildman–Crippen MR) is 93.6 cm³/mol. The summed E-state index contributed by atoms with van der Waals surface area (Å²) in [5.74, 6) is 0.652. The zero-order valence-electron chi connectivity index (χ0n) is 14.4. The Morgan fingerprint density at radius 1 is 1.36 bits per heavy atom. The predicted octanol–water partition coefficient (Wildman–Crippen LogP) is 2.94. The van der Waals surface area contributed by atoms with E-state index in [1.54, 1.807) is 23.0 Å². The van der Waals surface area contributed by atoms with Gasteiger partial charge in [0.2, 0.25) is 0 Å². The van der Waals surface area contributed by atoms with Crippen LogP contribution >= 0.6 is 11.6 Å². The van der Waals surface area contributed by atoms with E-state index >= 15 is 0 Å². The lowest BCUT2D eigenvalue weighted by molar-refractivity contribution is 0.0921. The van der Waals surface area contributed by atoms with Crippen molar-refractivity contribution in [3.63, 3.8) is 0 Å². The number of nitrogens with one attached hydrogen (secondary N) is 1. The highest BCUT2D eigenvalue weighted by Gasteiger charge is 2.14. The zero-order valence-corrected chi connectivity index (χ0v) is 15.2.